The van der Waals surface area contributed by atoms with Crippen LogP contribution >= 0.6 is 0 Å². The van der Waals surface area contributed by atoms with Crippen molar-refractivity contribution in [3.05, 3.63) is 359 Å². The summed E-state index contributed by atoms with van der Waals surface area (Å²) in [6.45, 7) is 1.68. The average Bonchev–Trinajstić information content (AvgIpc) is 0.765. The van der Waals surface area contributed by atoms with E-state index in [2.05, 4.69) is 0 Å². The topological polar surface area (TPSA) is 159 Å². The van der Waals surface area contributed by atoms with Gasteiger partial charge in [-0.05, 0) is 55.6 Å². The van der Waals surface area contributed by atoms with Crippen molar-refractivity contribution in [2.24, 2.45) is 0 Å². The highest BCUT2D eigenvalue weighted by Gasteiger charge is 2.57. The maximum Gasteiger partial charge on any atom is 0.187 e. The zero-order valence-corrected chi connectivity index (χ0v) is 58.3. The standard InChI is InChI=1S/C88H92O16/c89-86-83(97-58-71-45-25-8-26-46-71)81(96-57-70-43-23-7-24-44-70)79(76(100-86)63-92-53-66-35-15-3-16-36-66)103-88-85(99-60-73-49-29-10-30-50-73)82(78(94-55-68-39-19-5-20-40-68)75(102-88)62-91-52-65-33-13-2-14-34-65)104-87-84(98-59-72-47-27-9-28-48-72)80(95-56-69-41-21-6-22-42-69)77(93-54-67-37-17-4-18-38-67)74(101-87)61-90-51-64-31-11-1-12-32-64/h1-50,74-89H,51-63H2/t74-,75-,76-,77+,78+,79-,80+,81+,82+,83-,84-,85-,86-,87-,88+/m1/s1. The van der Waals surface area contributed by atoms with Gasteiger partial charge in [0.15, 0.2) is 18.9 Å². The summed E-state index contributed by atoms with van der Waals surface area (Å²) in [6, 6.07) is 99.4. The van der Waals surface area contributed by atoms with E-state index < -0.39 is 92.1 Å². The maximum absolute atomic E-state index is 12.4. The highest BCUT2D eigenvalue weighted by atomic mass is 16.8. The Labute approximate surface area is 610 Å². The van der Waals surface area contributed by atoms with Crippen molar-refractivity contribution in [3.8, 4) is 0 Å². The van der Waals surface area contributed by atoms with E-state index >= 15 is 0 Å². The molecule has 0 radical (unpaired) electrons. The van der Waals surface area contributed by atoms with Crippen molar-refractivity contribution >= 4 is 0 Å². The molecule has 0 amide bonds. The summed E-state index contributed by atoms with van der Waals surface area (Å²) in [7, 11) is 0. The van der Waals surface area contributed by atoms with Gasteiger partial charge in [0.2, 0.25) is 0 Å². The first-order valence-electron chi connectivity index (χ1n) is 35.9. The third kappa shape index (κ3) is 21.6. The zero-order valence-electron chi connectivity index (χ0n) is 58.3. The molecule has 0 aliphatic carbocycles. The molecule has 15 atom stereocenters. The Hall–Kier alpha value is -8.44. The number of ether oxygens (including phenoxy) is 15. The van der Waals surface area contributed by atoms with E-state index in [0.29, 0.717) is 0 Å². The third-order valence-corrected chi connectivity index (χ3v) is 18.6. The molecule has 540 valence electrons. The van der Waals surface area contributed by atoms with Crippen LogP contribution in [0.4, 0.5) is 0 Å². The van der Waals surface area contributed by atoms with Gasteiger partial charge in [0, 0.05) is 0 Å². The lowest BCUT2D eigenvalue weighted by Gasteiger charge is -2.51. The predicted molar refractivity (Wildman–Crippen MR) is 391 cm³/mol. The Morgan fingerprint density at radius 2 is 0.404 bits per heavy atom. The van der Waals surface area contributed by atoms with E-state index in [4.69, 9.17) is 71.1 Å². The van der Waals surface area contributed by atoms with E-state index in [0.717, 1.165) is 55.6 Å². The first kappa shape index (κ1) is 73.9. The second kappa shape index (κ2) is 39.6. The molecular formula is C88H92O16. The average molecular weight is 1410 g/mol. The molecule has 10 aromatic carbocycles. The highest BCUT2D eigenvalue weighted by Crippen LogP contribution is 2.40. The minimum Gasteiger partial charge on any atom is -0.374 e. The van der Waals surface area contributed by atoms with Crippen LogP contribution in [0.5, 0.6) is 0 Å². The van der Waals surface area contributed by atoms with Crippen LogP contribution in [0.25, 0.3) is 0 Å². The Bertz CT molecular complexity index is 3960. The second-order valence-electron chi connectivity index (χ2n) is 26.2. The van der Waals surface area contributed by atoms with Gasteiger partial charge in [0.25, 0.3) is 0 Å². The minimum absolute atomic E-state index is 0.0205. The Kier molecular flexibility index (Phi) is 28.1. The molecule has 3 saturated heterocycles. The molecule has 0 saturated carbocycles. The fraction of sp³-hybridized carbons (Fsp3) is 0.318. The molecule has 0 aromatic heterocycles. The molecule has 16 nitrogen and oxygen atoms in total. The van der Waals surface area contributed by atoms with Gasteiger partial charge in [-0.25, -0.2) is 0 Å². The lowest BCUT2D eigenvalue weighted by atomic mass is 9.95. The summed E-state index contributed by atoms with van der Waals surface area (Å²) in [5.41, 5.74) is 9.17. The van der Waals surface area contributed by atoms with Crippen molar-refractivity contribution in [1.29, 1.82) is 0 Å². The van der Waals surface area contributed by atoms with E-state index in [1.807, 2.05) is 303 Å². The fourth-order valence-electron chi connectivity index (χ4n) is 13.2. The Morgan fingerprint density at radius 3 is 0.692 bits per heavy atom. The Balaban J connectivity index is 0.947. The monoisotopic (exact) mass is 1400 g/mol. The van der Waals surface area contributed by atoms with Gasteiger partial charge in [0.1, 0.15) is 73.2 Å². The summed E-state index contributed by atoms with van der Waals surface area (Å²) in [5.74, 6) is 0. The number of aliphatic hydroxyl groups is 1. The van der Waals surface area contributed by atoms with Crippen LogP contribution in [0.2, 0.25) is 0 Å². The summed E-state index contributed by atoms with van der Waals surface area (Å²) in [5, 5.41) is 12.4. The van der Waals surface area contributed by atoms with Crippen LogP contribution in [0, 0.1) is 0 Å². The van der Waals surface area contributed by atoms with Crippen molar-refractivity contribution in [1.82, 2.24) is 0 Å². The second-order valence-corrected chi connectivity index (χ2v) is 26.2. The number of hydrogen-bond acceptors (Lipinski definition) is 16. The number of rotatable bonds is 37. The summed E-state index contributed by atoms with van der Waals surface area (Å²) in [6.07, 6.45) is -16.3. The van der Waals surface area contributed by atoms with Crippen molar-refractivity contribution in [2.75, 3.05) is 19.8 Å². The van der Waals surface area contributed by atoms with E-state index in [1.165, 1.54) is 0 Å². The predicted octanol–water partition coefficient (Wildman–Crippen LogP) is 14.7. The number of hydrogen-bond donors (Lipinski definition) is 1. The molecule has 104 heavy (non-hydrogen) atoms. The van der Waals surface area contributed by atoms with Gasteiger partial charge >= 0.3 is 0 Å². The zero-order chi connectivity index (χ0) is 70.6. The number of benzene rings is 10. The summed E-state index contributed by atoms with van der Waals surface area (Å²) in [4.78, 5) is 0. The van der Waals surface area contributed by atoms with E-state index in [1.54, 1.807) is 0 Å². The van der Waals surface area contributed by atoms with Gasteiger partial charge in [-0.3, -0.25) is 0 Å². The maximum atomic E-state index is 12.4. The van der Waals surface area contributed by atoms with Gasteiger partial charge < -0.3 is 76.2 Å². The largest absolute Gasteiger partial charge is 0.374 e. The van der Waals surface area contributed by atoms with Crippen molar-refractivity contribution < 1.29 is 76.2 Å². The molecular weight excluding hydrogens is 1310 g/mol. The first-order valence-corrected chi connectivity index (χ1v) is 35.9. The number of aliphatic hydroxyl groups excluding tert-OH is 1. The third-order valence-electron chi connectivity index (χ3n) is 18.6. The minimum atomic E-state index is -1.51. The molecule has 16 heteroatoms. The Morgan fingerprint density at radius 1 is 0.202 bits per heavy atom. The molecule has 3 fully saturated rings. The molecule has 1 N–H and O–H groups in total. The lowest BCUT2D eigenvalue weighted by Crippen LogP contribution is -2.68. The molecule has 0 spiro atoms. The molecule has 10 aromatic rings. The summed E-state index contributed by atoms with van der Waals surface area (Å²) < 4.78 is 108. The van der Waals surface area contributed by atoms with Gasteiger partial charge in [-0.2, -0.15) is 0 Å². The van der Waals surface area contributed by atoms with Crippen LogP contribution in [0.15, 0.2) is 303 Å². The van der Waals surface area contributed by atoms with Crippen molar-refractivity contribution in [2.45, 2.75) is 158 Å². The van der Waals surface area contributed by atoms with Crippen LogP contribution in [0.3, 0.4) is 0 Å². The van der Waals surface area contributed by atoms with Crippen LogP contribution in [0.1, 0.15) is 55.6 Å². The quantitative estimate of drug-likeness (QED) is 0.0392. The van der Waals surface area contributed by atoms with E-state index in [-0.39, 0.29) is 85.9 Å². The SMILES string of the molecule is O[C@@H]1O[C@H](COCc2ccccc2)[C@@H](O[C@@H]2O[C@H](COCc3ccccc3)[C@H](OCc3ccccc3)[C@H](O[C@H]3O[C@H](COCc4ccccc4)[C@H](OCc4ccccc4)[C@H](OCc4ccccc4)[C@H]3OCc3ccccc3)[C@H]2OCc2ccccc2)[C@H](OCc2ccccc2)[C@H]1OCc1ccccc1. The van der Waals surface area contributed by atoms with E-state index in [9.17, 15) is 5.11 Å². The molecule has 13 rings (SSSR count). The summed E-state index contributed by atoms with van der Waals surface area (Å²) >= 11 is 0. The van der Waals surface area contributed by atoms with Crippen molar-refractivity contribution in [3.63, 3.8) is 0 Å². The van der Waals surface area contributed by atoms with Gasteiger partial charge in [-0.15, -0.1) is 0 Å². The molecule has 3 heterocycles. The van der Waals surface area contributed by atoms with Crippen LogP contribution < -0.4 is 0 Å². The first-order chi connectivity index (χ1) is 51.5. The smallest absolute Gasteiger partial charge is 0.187 e. The van der Waals surface area contributed by atoms with Gasteiger partial charge in [0.05, 0.1) is 85.9 Å². The molecule has 0 bridgehead atoms. The van der Waals surface area contributed by atoms with Gasteiger partial charge in [-0.1, -0.05) is 303 Å². The highest BCUT2D eigenvalue weighted by molar-refractivity contribution is 5.21. The van der Waals surface area contributed by atoms with Crippen LogP contribution in [-0.2, 0) is 137 Å². The molecule has 3 aliphatic heterocycles. The molecule has 0 unspecified atom stereocenters. The lowest BCUT2D eigenvalue weighted by molar-refractivity contribution is -0.395. The fourth-order valence-corrected chi connectivity index (χ4v) is 13.2. The molecule has 3 aliphatic rings. The van der Waals surface area contributed by atoms with Crippen LogP contribution in [-0.4, -0.2) is 117 Å². The normalized spacial score (nSPS) is 24.8.